The van der Waals surface area contributed by atoms with Crippen LogP contribution in [-0.4, -0.2) is 16.9 Å². The molecule has 1 aliphatic heterocycles. The second kappa shape index (κ2) is 7.19. The first kappa shape index (κ1) is 17.8. The summed E-state index contributed by atoms with van der Waals surface area (Å²) in [5.41, 5.74) is 6.22. The minimum absolute atomic E-state index is 0.184. The van der Waals surface area contributed by atoms with Gasteiger partial charge in [-0.3, -0.25) is 4.79 Å². The molecule has 5 nitrogen and oxygen atoms in total. The number of anilines is 1. The lowest BCUT2D eigenvalue weighted by Crippen LogP contribution is -2.05. The molecule has 2 N–H and O–H groups in total. The number of amides is 1. The maximum atomic E-state index is 12.5. The van der Waals surface area contributed by atoms with Crippen molar-refractivity contribution in [1.82, 2.24) is 4.98 Å². The lowest BCUT2D eigenvalue weighted by molar-refractivity contribution is -0.110. The first-order valence-electron chi connectivity index (χ1n) is 9.06. The second-order valence-electron chi connectivity index (χ2n) is 6.88. The Balaban J connectivity index is 1.60. The van der Waals surface area contributed by atoms with Gasteiger partial charge in [0, 0.05) is 22.6 Å². The normalized spacial score (nSPS) is 14.1. The van der Waals surface area contributed by atoms with Crippen molar-refractivity contribution in [2.75, 3.05) is 5.32 Å². The van der Waals surface area contributed by atoms with Crippen molar-refractivity contribution < 1.29 is 14.3 Å². The highest BCUT2D eigenvalue weighted by molar-refractivity contribution is 6.35. The van der Waals surface area contributed by atoms with Gasteiger partial charge in [-0.25, -0.2) is 4.79 Å². The van der Waals surface area contributed by atoms with Crippen molar-refractivity contribution in [2.24, 2.45) is 0 Å². The predicted molar refractivity (Wildman–Crippen MR) is 109 cm³/mol. The number of benzene rings is 2. The Bertz CT molecular complexity index is 1090. The topological polar surface area (TPSA) is 71.2 Å². The number of ether oxygens (including phenoxy) is 1. The summed E-state index contributed by atoms with van der Waals surface area (Å²) < 4.78 is 5.41. The number of fused-ring (bicyclic) bond motifs is 1. The Morgan fingerprint density at radius 1 is 1.07 bits per heavy atom. The largest absolute Gasteiger partial charge is 0.457 e. The summed E-state index contributed by atoms with van der Waals surface area (Å²) in [7, 11) is 0. The summed E-state index contributed by atoms with van der Waals surface area (Å²) >= 11 is 0. The molecule has 0 saturated carbocycles. The summed E-state index contributed by atoms with van der Waals surface area (Å²) in [6.45, 7) is 4.16. The zero-order valence-electron chi connectivity index (χ0n) is 15.7. The van der Waals surface area contributed by atoms with E-state index >= 15 is 0 Å². The molecule has 28 heavy (non-hydrogen) atoms. The van der Waals surface area contributed by atoms with E-state index in [1.54, 1.807) is 18.2 Å². The third-order valence-corrected chi connectivity index (χ3v) is 4.73. The summed E-state index contributed by atoms with van der Waals surface area (Å²) in [5.74, 6) is -0.603. The van der Waals surface area contributed by atoms with E-state index in [0.717, 1.165) is 22.5 Å². The Morgan fingerprint density at radius 2 is 1.86 bits per heavy atom. The van der Waals surface area contributed by atoms with Crippen LogP contribution in [0.2, 0.25) is 0 Å². The molecule has 4 rings (SSSR count). The fourth-order valence-electron chi connectivity index (χ4n) is 3.31. The highest BCUT2D eigenvalue weighted by Gasteiger charge is 2.26. The van der Waals surface area contributed by atoms with Crippen molar-refractivity contribution in [3.63, 3.8) is 0 Å². The minimum atomic E-state index is -0.419. The van der Waals surface area contributed by atoms with Crippen LogP contribution in [0.3, 0.4) is 0 Å². The number of H-pyrrole nitrogens is 1. The SMILES string of the molecule is Cc1cc(C)c(C=C2C(=O)Nc3ccc(C(=O)OCc4ccccc4)cc32)[nH]1. The van der Waals surface area contributed by atoms with Gasteiger partial charge in [-0.05, 0) is 55.3 Å². The monoisotopic (exact) mass is 372 g/mol. The van der Waals surface area contributed by atoms with Gasteiger partial charge in [0.15, 0.2) is 0 Å². The van der Waals surface area contributed by atoms with Crippen molar-refractivity contribution in [3.8, 4) is 0 Å². The van der Waals surface area contributed by atoms with Crippen LogP contribution >= 0.6 is 0 Å². The fraction of sp³-hybridized carbons (Fsp3) is 0.130. The average Bonchev–Trinajstić information content (AvgIpc) is 3.18. The van der Waals surface area contributed by atoms with Gasteiger partial charge in [0.05, 0.1) is 11.1 Å². The van der Waals surface area contributed by atoms with E-state index in [4.69, 9.17) is 4.74 Å². The van der Waals surface area contributed by atoms with Gasteiger partial charge < -0.3 is 15.0 Å². The number of hydrogen-bond donors (Lipinski definition) is 2. The van der Waals surface area contributed by atoms with Gasteiger partial charge in [-0.1, -0.05) is 30.3 Å². The quantitative estimate of drug-likeness (QED) is 0.524. The molecule has 140 valence electrons. The fourth-order valence-corrected chi connectivity index (χ4v) is 3.31. The number of carbonyl (C=O) groups is 2. The van der Waals surface area contributed by atoms with Crippen LogP contribution in [0.15, 0.2) is 54.6 Å². The molecular formula is C23H20N2O3. The summed E-state index contributed by atoms with van der Waals surface area (Å²) in [6, 6.07) is 16.7. The number of esters is 1. The van der Waals surface area contributed by atoms with Crippen LogP contribution in [0.25, 0.3) is 11.6 Å². The van der Waals surface area contributed by atoms with Crippen LogP contribution in [0.4, 0.5) is 5.69 Å². The molecule has 1 aromatic heterocycles. The van der Waals surface area contributed by atoms with E-state index in [2.05, 4.69) is 10.3 Å². The van der Waals surface area contributed by atoms with Crippen molar-refractivity contribution >= 4 is 29.2 Å². The Labute approximate surface area is 163 Å². The highest BCUT2D eigenvalue weighted by atomic mass is 16.5. The van der Waals surface area contributed by atoms with Crippen LogP contribution in [0.1, 0.15) is 38.4 Å². The van der Waals surface area contributed by atoms with Crippen LogP contribution in [-0.2, 0) is 16.1 Å². The predicted octanol–water partition coefficient (Wildman–Crippen LogP) is 4.48. The molecule has 0 saturated heterocycles. The maximum absolute atomic E-state index is 12.5. The van der Waals surface area contributed by atoms with E-state index < -0.39 is 5.97 Å². The van der Waals surface area contributed by atoms with Crippen molar-refractivity contribution in [1.29, 1.82) is 0 Å². The molecule has 5 heteroatoms. The van der Waals surface area contributed by atoms with Crippen LogP contribution in [0, 0.1) is 13.8 Å². The van der Waals surface area contributed by atoms with Crippen molar-refractivity contribution in [3.05, 3.63) is 88.2 Å². The molecule has 1 aliphatic rings. The summed E-state index contributed by atoms with van der Waals surface area (Å²) in [5, 5.41) is 2.84. The van der Waals surface area contributed by atoms with Gasteiger partial charge in [-0.15, -0.1) is 0 Å². The number of rotatable bonds is 4. The van der Waals surface area contributed by atoms with E-state index in [1.807, 2.05) is 56.3 Å². The van der Waals surface area contributed by atoms with Gasteiger partial charge in [0.25, 0.3) is 5.91 Å². The average molecular weight is 372 g/mol. The molecule has 3 aromatic rings. The molecular weight excluding hydrogens is 352 g/mol. The van der Waals surface area contributed by atoms with Crippen molar-refractivity contribution in [2.45, 2.75) is 20.5 Å². The Hall–Kier alpha value is -3.60. The van der Waals surface area contributed by atoms with E-state index in [1.165, 1.54) is 0 Å². The number of carbonyl (C=O) groups excluding carboxylic acids is 2. The molecule has 2 heterocycles. The first-order valence-corrected chi connectivity index (χ1v) is 9.06. The standard InChI is InChI=1S/C23H20N2O3/c1-14-10-15(2)24-21(14)12-19-18-11-17(8-9-20(18)25-22(19)26)23(27)28-13-16-6-4-3-5-7-16/h3-12,24H,13H2,1-2H3,(H,25,26). The molecule has 0 spiro atoms. The summed E-state index contributed by atoms with van der Waals surface area (Å²) in [4.78, 5) is 28.2. The number of aryl methyl sites for hydroxylation is 2. The zero-order chi connectivity index (χ0) is 19.7. The maximum Gasteiger partial charge on any atom is 0.338 e. The Kier molecular flexibility index (Phi) is 4.57. The summed E-state index contributed by atoms with van der Waals surface area (Å²) in [6.07, 6.45) is 1.82. The zero-order valence-corrected chi connectivity index (χ0v) is 15.7. The van der Waals surface area contributed by atoms with Crippen LogP contribution in [0.5, 0.6) is 0 Å². The van der Waals surface area contributed by atoms with Gasteiger partial charge in [0.1, 0.15) is 6.61 Å². The number of aromatic nitrogens is 1. The first-order chi connectivity index (χ1) is 13.5. The lowest BCUT2D eigenvalue weighted by atomic mass is 10.0. The molecule has 2 aromatic carbocycles. The molecule has 0 atom stereocenters. The van der Waals surface area contributed by atoms with Gasteiger partial charge in [-0.2, -0.15) is 0 Å². The molecule has 0 aliphatic carbocycles. The van der Waals surface area contributed by atoms with E-state index in [9.17, 15) is 9.59 Å². The molecule has 0 fully saturated rings. The second-order valence-corrected chi connectivity index (χ2v) is 6.88. The number of hydrogen-bond acceptors (Lipinski definition) is 3. The number of nitrogens with one attached hydrogen (secondary N) is 2. The van der Waals surface area contributed by atoms with E-state index in [0.29, 0.717) is 22.4 Å². The minimum Gasteiger partial charge on any atom is -0.457 e. The van der Waals surface area contributed by atoms with E-state index in [-0.39, 0.29) is 12.5 Å². The third-order valence-electron chi connectivity index (χ3n) is 4.73. The van der Waals surface area contributed by atoms with Crippen LogP contribution < -0.4 is 5.32 Å². The molecule has 0 unspecified atom stereocenters. The molecule has 0 radical (unpaired) electrons. The Morgan fingerprint density at radius 3 is 2.57 bits per heavy atom. The molecule has 1 amide bonds. The lowest BCUT2D eigenvalue weighted by Gasteiger charge is -2.07. The molecule has 0 bridgehead atoms. The smallest absolute Gasteiger partial charge is 0.338 e. The van der Waals surface area contributed by atoms with Gasteiger partial charge in [0.2, 0.25) is 0 Å². The third kappa shape index (κ3) is 3.47. The number of aromatic amines is 1. The van der Waals surface area contributed by atoms with Gasteiger partial charge >= 0.3 is 5.97 Å². The highest BCUT2D eigenvalue weighted by Crippen LogP contribution is 2.34.